The minimum absolute atomic E-state index is 0.184. The van der Waals surface area contributed by atoms with Gasteiger partial charge in [-0.15, -0.1) is 0 Å². The van der Waals surface area contributed by atoms with Gasteiger partial charge in [-0.1, -0.05) is 32.0 Å². The Labute approximate surface area is 136 Å². The average Bonchev–Trinajstić information content (AvgIpc) is 2.55. The molecule has 0 spiro atoms. The summed E-state index contributed by atoms with van der Waals surface area (Å²) in [6.07, 6.45) is 2.07. The molecule has 1 aromatic carbocycles. The molecule has 1 amide bonds. The highest BCUT2D eigenvalue weighted by molar-refractivity contribution is 5.94. The lowest BCUT2D eigenvalue weighted by atomic mass is 10.1. The van der Waals surface area contributed by atoms with E-state index < -0.39 is 0 Å². The van der Waals surface area contributed by atoms with E-state index in [4.69, 9.17) is 0 Å². The van der Waals surface area contributed by atoms with E-state index in [9.17, 15) is 9.18 Å². The van der Waals surface area contributed by atoms with Crippen molar-refractivity contribution in [3.05, 3.63) is 59.5 Å². The Hall–Kier alpha value is -2.43. The van der Waals surface area contributed by atoms with Gasteiger partial charge in [0.25, 0.3) is 5.91 Å². The van der Waals surface area contributed by atoms with Crippen LogP contribution in [-0.2, 0) is 6.42 Å². The number of benzene rings is 1. The molecule has 23 heavy (non-hydrogen) atoms. The number of hydrogen-bond acceptors (Lipinski definition) is 3. The SMILES string of the molecule is CC(C)CNc1cc(C(=O)NCCc2ccccc2F)ccn1. The number of nitrogens with one attached hydrogen (secondary N) is 2. The predicted molar refractivity (Wildman–Crippen MR) is 90.0 cm³/mol. The molecule has 0 fully saturated rings. The highest BCUT2D eigenvalue weighted by atomic mass is 19.1. The molecule has 2 rings (SSSR count). The Bertz CT molecular complexity index is 658. The molecule has 122 valence electrons. The molecular weight excluding hydrogens is 293 g/mol. The van der Waals surface area contributed by atoms with Gasteiger partial charge in [-0.25, -0.2) is 9.37 Å². The molecule has 4 nitrogen and oxygen atoms in total. The van der Waals surface area contributed by atoms with Crippen molar-refractivity contribution in [1.82, 2.24) is 10.3 Å². The first-order valence-electron chi connectivity index (χ1n) is 7.78. The van der Waals surface area contributed by atoms with Crippen molar-refractivity contribution in [2.75, 3.05) is 18.4 Å². The summed E-state index contributed by atoms with van der Waals surface area (Å²) in [6.45, 7) is 5.39. The van der Waals surface area contributed by atoms with Crippen molar-refractivity contribution in [3.63, 3.8) is 0 Å². The van der Waals surface area contributed by atoms with Gasteiger partial charge < -0.3 is 10.6 Å². The van der Waals surface area contributed by atoms with E-state index in [2.05, 4.69) is 29.5 Å². The summed E-state index contributed by atoms with van der Waals surface area (Å²) in [4.78, 5) is 16.3. The van der Waals surface area contributed by atoms with Crippen LogP contribution in [0.4, 0.5) is 10.2 Å². The molecule has 0 atom stereocenters. The summed E-state index contributed by atoms with van der Waals surface area (Å²) < 4.78 is 13.5. The minimum atomic E-state index is -0.245. The summed E-state index contributed by atoms with van der Waals surface area (Å²) in [5, 5.41) is 5.99. The second-order valence-electron chi connectivity index (χ2n) is 5.80. The van der Waals surface area contributed by atoms with Crippen LogP contribution in [0.3, 0.4) is 0 Å². The van der Waals surface area contributed by atoms with E-state index in [0.717, 1.165) is 6.54 Å². The van der Waals surface area contributed by atoms with Crippen molar-refractivity contribution >= 4 is 11.7 Å². The Balaban J connectivity index is 1.88. The minimum Gasteiger partial charge on any atom is -0.370 e. The third-order valence-electron chi connectivity index (χ3n) is 3.35. The largest absolute Gasteiger partial charge is 0.370 e. The highest BCUT2D eigenvalue weighted by Gasteiger charge is 2.07. The fourth-order valence-corrected chi connectivity index (χ4v) is 2.09. The molecule has 1 aromatic heterocycles. The average molecular weight is 315 g/mol. The number of rotatable bonds is 7. The lowest BCUT2D eigenvalue weighted by molar-refractivity contribution is 0.0954. The Morgan fingerprint density at radius 2 is 2.04 bits per heavy atom. The van der Waals surface area contributed by atoms with Gasteiger partial charge in [0, 0.05) is 24.8 Å². The van der Waals surface area contributed by atoms with Crippen molar-refractivity contribution in [1.29, 1.82) is 0 Å². The molecule has 0 unspecified atom stereocenters. The van der Waals surface area contributed by atoms with E-state index in [0.29, 0.717) is 35.8 Å². The second kappa shape index (κ2) is 8.27. The zero-order valence-corrected chi connectivity index (χ0v) is 13.5. The van der Waals surface area contributed by atoms with Crippen LogP contribution in [0, 0.1) is 11.7 Å². The van der Waals surface area contributed by atoms with Crippen LogP contribution in [-0.4, -0.2) is 24.0 Å². The van der Waals surface area contributed by atoms with Crippen LogP contribution in [0.25, 0.3) is 0 Å². The number of hydrogen-bond donors (Lipinski definition) is 2. The normalized spacial score (nSPS) is 10.6. The van der Waals surface area contributed by atoms with Gasteiger partial charge in [-0.2, -0.15) is 0 Å². The van der Waals surface area contributed by atoms with Crippen LogP contribution >= 0.6 is 0 Å². The lowest BCUT2D eigenvalue weighted by Crippen LogP contribution is -2.26. The lowest BCUT2D eigenvalue weighted by Gasteiger charge is -2.10. The van der Waals surface area contributed by atoms with E-state index in [1.54, 1.807) is 36.5 Å². The Kier molecular flexibility index (Phi) is 6.09. The molecule has 0 bridgehead atoms. The number of halogens is 1. The standard InChI is InChI=1S/C18H22FN3O/c1-13(2)12-22-17-11-15(8-9-20-17)18(23)21-10-7-14-5-3-4-6-16(14)19/h3-6,8-9,11,13H,7,10,12H2,1-2H3,(H,20,22)(H,21,23). The molecule has 0 aliphatic rings. The van der Waals surface area contributed by atoms with Gasteiger partial charge in [-0.05, 0) is 36.1 Å². The van der Waals surface area contributed by atoms with Gasteiger partial charge >= 0.3 is 0 Å². The summed E-state index contributed by atoms with van der Waals surface area (Å²) in [5.74, 6) is 0.748. The van der Waals surface area contributed by atoms with Gasteiger partial charge in [0.05, 0.1) is 0 Å². The topological polar surface area (TPSA) is 54.0 Å². The quantitative estimate of drug-likeness (QED) is 0.824. The Morgan fingerprint density at radius 3 is 2.78 bits per heavy atom. The number of nitrogens with zero attached hydrogens (tertiary/aromatic N) is 1. The molecule has 0 radical (unpaired) electrons. The molecule has 0 saturated heterocycles. The summed E-state index contributed by atoms with van der Waals surface area (Å²) in [5.41, 5.74) is 1.14. The number of amides is 1. The number of carbonyl (C=O) groups is 1. The maximum Gasteiger partial charge on any atom is 0.251 e. The molecule has 0 aliphatic heterocycles. The first-order valence-corrected chi connectivity index (χ1v) is 7.78. The molecule has 1 heterocycles. The fraction of sp³-hybridized carbons (Fsp3) is 0.333. The summed E-state index contributed by atoms with van der Waals surface area (Å²) in [6, 6.07) is 9.98. The highest BCUT2D eigenvalue weighted by Crippen LogP contribution is 2.09. The van der Waals surface area contributed by atoms with Crippen molar-refractivity contribution in [2.45, 2.75) is 20.3 Å². The number of carbonyl (C=O) groups excluding carboxylic acids is 1. The monoisotopic (exact) mass is 315 g/mol. The zero-order valence-electron chi connectivity index (χ0n) is 13.5. The molecule has 5 heteroatoms. The fourth-order valence-electron chi connectivity index (χ4n) is 2.09. The van der Waals surface area contributed by atoms with E-state index in [1.165, 1.54) is 6.07 Å². The molecule has 2 N–H and O–H groups in total. The van der Waals surface area contributed by atoms with Crippen LogP contribution in [0.15, 0.2) is 42.6 Å². The van der Waals surface area contributed by atoms with Crippen LogP contribution in [0.5, 0.6) is 0 Å². The summed E-state index contributed by atoms with van der Waals surface area (Å²) >= 11 is 0. The first kappa shape index (κ1) is 16.9. The van der Waals surface area contributed by atoms with Crippen molar-refractivity contribution in [2.24, 2.45) is 5.92 Å². The predicted octanol–water partition coefficient (Wildman–Crippen LogP) is 3.26. The summed E-state index contributed by atoms with van der Waals surface area (Å²) in [7, 11) is 0. The third-order valence-corrected chi connectivity index (χ3v) is 3.35. The van der Waals surface area contributed by atoms with E-state index in [1.807, 2.05) is 0 Å². The van der Waals surface area contributed by atoms with Crippen LogP contribution in [0.2, 0.25) is 0 Å². The maximum atomic E-state index is 13.5. The Morgan fingerprint density at radius 1 is 1.26 bits per heavy atom. The van der Waals surface area contributed by atoms with Gasteiger partial charge in [-0.3, -0.25) is 4.79 Å². The van der Waals surface area contributed by atoms with Crippen LogP contribution < -0.4 is 10.6 Å². The number of anilines is 1. The molecule has 2 aromatic rings. The maximum absolute atomic E-state index is 13.5. The van der Waals surface area contributed by atoms with Crippen LogP contribution in [0.1, 0.15) is 29.8 Å². The number of aromatic nitrogens is 1. The molecular formula is C18H22FN3O. The second-order valence-corrected chi connectivity index (χ2v) is 5.80. The number of pyridine rings is 1. The first-order chi connectivity index (χ1) is 11.1. The van der Waals surface area contributed by atoms with E-state index >= 15 is 0 Å². The van der Waals surface area contributed by atoms with Gasteiger partial charge in [0.1, 0.15) is 11.6 Å². The van der Waals surface area contributed by atoms with Crippen molar-refractivity contribution < 1.29 is 9.18 Å². The smallest absolute Gasteiger partial charge is 0.251 e. The van der Waals surface area contributed by atoms with Crippen molar-refractivity contribution in [3.8, 4) is 0 Å². The van der Waals surface area contributed by atoms with E-state index in [-0.39, 0.29) is 11.7 Å². The molecule has 0 aliphatic carbocycles. The van der Waals surface area contributed by atoms with Gasteiger partial charge in [0.15, 0.2) is 0 Å². The molecule has 0 saturated carbocycles. The third kappa shape index (κ3) is 5.36. The van der Waals surface area contributed by atoms with Gasteiger partial charge in [0.2, 0.25) is 0 Å². The zero-order chi connectivity index (χ0) is 16.7.